The summed E-state index contributed by atoms with van der Waals surface area (Å²) < 4.78 is 18.5. The molecule has 6 heteroatoms. The van der Waals surface area contributed by atoms with Gasteiger partial charge in [-0.3, -0.25) is 0 Å². The minimum Gasteiger partial charge on any atom is -0.377 e. The molecule has 0 saturated carbocycles. The summed E-state index contributed by atoms with van der Waals surface area (Å²) in [5.74, 6) is 0. The number of aromatic nitrogens is 1. The minimum atomic E-state index is -2.42. The van der Waals surface area contributed by atoms with Gasteiger partial charge in [-0.15, -0.1) is 0 Å². The fourth-order valence-corrected chi connectivity index (χ4v) is 4.52. The molecule has 0 radical (unpaired) electrons. The van der Waals surface area contributed by atoms with Crippen LogP contribution in [0, 0.1) is 0 Å². The van der Waals surface area contributed by atoms with E-state index in [-0.39, 0.29) is 0 Å². The predicted molar refractivity (Wildman–Crippen MR) is 84.3 cm³/mol. The van der Waals surface area contributed by atoms with Gasteiger partial charge in [0, 0.05) is 64.7 Å². The van der Waals surface area contributed by atoms with Crippen molar-refractivity contribution in [3.63, 3.8) is 0 Å². The normalized spacial score (nSPS) is 15.7. The molecule has 0 spiro atoms. The highest BCUT2D eigenvalue weighted by Gasteiger charge is 2.37. The first-order chi connectivity index (χ1) is 10.2. The van der Waals surface area contributed by atoms with Crippen LogP contribution in [0.25, 0.3) is 0 Å². The van der Waals surface area contributed by atoms with E-state index in [1.807, 2.05) is 0 Å². The van der Waals surface area contributed by atoms with Crippen molar-refractivity contribution in [2.75, 3.05) is 39.3 Å². The lowest BCUT2D eigenvalue weighted by atomic mass is 10.3. The first-order valence-electron chi connectivity index (χ1n) is 7.62. The van der Waals surface area contributed by atoms with Gasteiger partial charge in [0.05, 0.1) is 0 Å². The highest BCUT2D eigenvalue weighted by atomic mass is 28.4. The molecular formula is C15H27N2O3Si+. The van der Waals surface area contributed by atoms with Crippen molar-refractivity contribution < 1.29 is 17.8 Å². The van der Waals surface area contributed by atoms with Crippen molar-refractivity contribution in [3.05, 3.63) is 24.5 Å². The number of nitrogens with zero attached hydrogens (tertiary/aromatic N) is 2. The molecule has 21 heavy (non-hydrogen) atoms. The maximum Gasteiger partial charge on any atom is 0.500 e. The zero-order valence-corrected chi connectivity index (χ0v) is 14.4. The van der Waals surface area contributed by atoms with Gasteiger partial charge in [0.25, 0.3) is 0 Å². The van der Waals surface area contributed by atoms with E-state index in [0.717, 1.165) is 19.0 Å². The number of hydrogen-bond donors (Lipinski definition) is 0. The Balaban J connectivity index is 1.83. The summed E-state index contributed by atoms with van der Waals surface area (Å²) in [6.45, 7) is 3.33. The molecular weight excluding hydrogens is 284 g/mol. The van der Waals surface area contributed by atoms with E-state index in [0.29, 0.717) is 0 Å². The lowest BCUT2D eigenvalue weighted by molar-refractivity contribution is -0.696. The second kappa shape index (κ2) is 7.89. The van der Waals surface area contributed by atoms with E-state index >= 15 is 0 Å². The summed E-state index contributed by atoms with van der Waals surface area (Å²) in [6, 6.07) is 5.25. The summed E-state index contributed by atoms with van der Waals surface area (Å²) in [5.41, 5.74) is 1.33. The zero-order valence-electron chi connectivity index (χ0n) is 13.4. The maximum atomic E-state index is 5.44. The van der Waals surface area contributed by atoms with Crippen molar-refractivity contribution in [1.82, 2.24) is 0 Å². The van der Waals surface area contributed by atoms with Gasteiger partial charge in [0.1, 0.15) is 6.54 Å². The lowest BCUT2D eigenvalue weighted by Gasteiger charge is -2.23. The van der Waals surface area contributed by atoms with Crippen LogP contribution in [0.15, 0.2) is 24.5 Å². The van der Waals surface area contributed by atoms with Crippen molar-refractivity contribution in [3.8, 4) is 0 Å². The third kappa shape index (κ3) is 4.26. The molecule has 1 saturated heterocycles. The predicted octanol–water partition coefficient (Wildman–Crippen LogP) is 1.84. The number of aryl methyl sites for hydroxylation is 1. The van der Waals surface area contributed by atoms with Crippen LogP contribution >= 0.6 is 0 Å². The van der Waals surface area contributed by atoms with Gasteiger partial charge in [-0.2, -0.15) is 0 Å². The molecule has 0 aromatic carbocycles. The fraction of sp³-hybridized carbons (Fsp3) is 0.667. The van der Waals surface area contributed by atoms with Gasteiger partial charge in [0.15, 0.2) is 12.4 Å². The van der Waals surface area contributed by atoms with Gasteiger partial charge in [-0.1, -0.05) is 0 Å². The van der Waals surface area contributed by atoms with Gasteiger partial charge >= 0.3 is 8.80 Å². The number of anilines is 1. The van der Waals surface area contributed by atoms with Crippen LogP contribution < -0.4 is 9.47 Å². The summed E-state index contributed by atoms with van der Waals surface area (Å²) >= 11 is 0. The van der Waals surface area contributed by atoms with E-state index < -0.39 is 8.80 Å². The Kier molecular flexibility index (Phi) is 6.17. The van der Waals surface area contributed by atoms with Crippen molar-refractivity contribution in [2.24, 2.45) is 0 Å². The Morgan fingerprint density at radius 1 is 1.05 bits per heavy atom. The largest absolute Gasteiger partial charge is 0.500 e. The first kappa shape index (κ1) is 16.4. The molecule has 0 aliphatic carbocycles. The van der Waals surface area contributed by atoms with Crippen molar-refractivity contribution in [1.29, 1.82) is 0 Å². The highest BCUT2D eigenvalue weighted by Crippen LogP contribution is 2.18. The van der Waals surface area contributed by atoms with Crippen LogP contribution in [0.2, 0.25) is 6.04 Å². The maximum absolute atomic E-state index is 5.44. The number of pyridine rings is 1. The van der Waals surface area contributed by atoms with E-state index in [4.69, 9.17) is 13.3 Å². The Hall–Kier alpha value is -0.953. The van der Waals surface area contributed by atoms with Gasteiger partial charge in [-0.05, 0) is 12.8 Å². The van der Waals surface area contributed by atoms with Gasteiger partial charge in [-0.25, -0.2) is 4.57 Å². The summed E-state index contributed by atoms with van der Waals surface area (Å²) in [7, 11) is 2.57. The quantitative estimate of drug-likeness (QED) is 0.542. The summed E-state index contributed by atoms with van der Waals surface area (Å²) in [4.78, 5) is 2.45. The SMILES string of the molecule is CO[Si](CCC[n+]1ccc(N2CCCC2)cc1)(OC)OC. The van der Waals surface area contributed by atoms with Crippen LogP contribution in [0.4, 0.5) is 5.69 Å². The average molecular weight is 311 g/mol. The molecule has 2 heterocycles. The Bertz CT molecular complexity index is 409. The molecule has 5 nitrogen and oxygen atoms in total. The molecule has 0 amide bonds. The Labute approximate surface area is 128 Å². The molecule has 1 aliphatic heterocycles. The zero-order chi connectivity index (χ0) is 15.1. The standard InChI is InChI=1S/C15H27N2O3Si/c1-18-21(19-2,20-3)14-6-9-16-12-7-15(8-13-16)17-10-4-5-11-17/h7-8,12-13H,4-6,9-11,14H2,1-3H3/q+1. The van der Waals surface area contributed by atoms with Crippen LogP contribution in [-0.2, 0) is 19.8 Å². The second-order valence-electron chi connectivity index (χ2n) is 5.39. The minimum absolute atomic E-state index is 0.831. The molecule has 118 valence electrons. The van der Waals surface area contributed by atoms with Gasteiger partial charge < -0.3 is 18.2 Å². The highest BCUT2D eigenvalue weighted by molar-refractivity contribution is 6.60. The molecule has 2 rings (SSSR count). The van der Waals surface area contributed by atoms with E-state index in [1.54, 1.807) is 21.3 Å². The lowest BCUT2D eigenvalue weighted by Crippen LogP contribution is -2.44. The monoisotopic (exact) mass is 311 g/mol. The summed E-state index contributed by atoms with van der Waals surface area (Å²) in [5, 5.41) is 0. The van der Waals surface area contributed by atoms with Crippen molar-refractivity contribution in [2.45, 2.75) is 31.9 Å². The Morgan fingerprint density at radius 3 is 2.14 bits per heavy atom. The third-order valence-electron chi connectivity index (χ3n) is 4.18. The molecule has 0 atom stereocenters. The summed E-state index contributed by atoms with van der Waals surface area (Å²) in [6.07, 6.45) is 7.92. The van der Waals surface area contributed by atoms with E-state index in [1.165, 1.54) is 31.6 Å². The van der Waals surface area contributed by atoms with Crippen LogP contribution in [-0.4, -0.2) is 43.2 Å². The van der Waals surface area contributed by atoms with E-state index in [9.17, 15) is 0 Å². The topological polar surface area (TPSA) is 34.8 Å². The smallest absolute Gasteiger partial charge is 0.377 e. The molecule has 1 aromatic heterocycles. The number of hydrogen-bond acceptors (Lipinski definition) is 4. The van der Waals surface area contributed by atoms with E-state index in [2.05, 4.69) is 34.0 Å². The fourth-order valence-electron chi connectivity index (χ4n) is 2.82. The Morgan fingerprint density at radius 2 is 1.62 bits per heavy atom. The second-order valence-corrected chi connectivity index (χ2v) is 8.48. The third-order valence-corrected chi connectivity index (χ3v) is 7.01. The first-order valence-corrected chi connectivity index (χ1v) is 9.56. The van der Waals surface area contributed by atoms with Crippen LogP contribution in [0.5, 0.6) is 0 Å². The molecule has 1 fully saturated rings. The number of rotatable bonds is 8. The van der Waals surface area contributed by atoms with Crippen LogP contribution in [0.1, 0.15) is 19.3 Å². The molecule has 1 aliphatic rings. The average Bonchev–Trinajstić information content (AvgIpc) is 3.07. The molecule has 0 N–H and O–H groups in total. The van der Waals surface area contributed by atoms with Crippen LogP contribution in [0.3, 0.4) is 0 Å². The molecule has 0 unspecified atom stereocenters. The van der Waals surface area contributed by atoms with Crippen molar-refractivity contribution >= 4 is 14.5 Å². The molecule has 0 bridgehead atoms. The molecule has 1 aromatic rings. The van der Waals surface area contributed by atoms with Gasteiger partial charge in [0.2, 0.25) is 0 Å².